The molecule has 3 nitrogen and oxygen atoms in total. The van der Waals surface area contributed by atoms with Crippen molar-refractivity contribution in [3.8, 4) is 0 Å². The fraction of sp³-hybridized carbons (Fsp3) is 0. The van der Waals surface area contributed by atoms with Crippen LogP contribution in [0.15, 0.2) is 60.8 Å². The van der Waals surface area contributed by atoms with Crippen LogP contribution in [-0.4, -0.2) is 10.9 Å². The summed E-state index contributed by atoms with van der Waals surface area (Å²) in [5.41, 5.74) is 1.85. The van der Waals surface area contributed by atoms with E-state index >= 15 is 0 Å². The summed E-state index contributed by atoms with van der Waals surface area (Å²) < 4.78 is 1.13. The van der Waals surface area contributed by atoms with Crippen LogP contribution in [0.5, 0.6) is 0 Å². The Labute approximate surface area is 125 Å². The predicted octanol–water partition coefficient (Wildman–Crippen LogP) is 4.63. The van der Waals surface area contributed by atoms with Gasteiger partial charge in [-0.2, -0.15) is 0 Å². The minimum Gasteiger partial charge on any atom is -0.361 e. The van der Waals surface area contributed by atoms with Gasteiger partial charge in [-0.3, -0.25) is 4.79 Å². The van der Waals surface area contributed by atoms with Gasteiger partial charge in [-0.15, -0.1) is 11.3 Å². The number of aromatic nitrogens is 1. The van der Waals surface area contributed by atoms with Crippen molar-refractivity contribution in [3.63, 3.8) is 0 Å². The highest BCUT2D eigenvalue weighted by atomic mass is 32.1. The second-order valence-electron chi connectivity index (χ2n) is 4.85. The van der Waals surface area contributed by atoms with Crippen LogP contribution in [-0.2, 0) is 0 Å². The number of hydrogen-bond acceptors (Lipinski definition) is 2. The Morgan fingerprint density at radius 1 is 1.05 bits per heavy atom. The molecule has 0 atom stereocenters. The molecule has 0 saturated heterocycles. The molecule has 0 radical (unpaired) electrons. The molecule has 0 aliphatic rings. The van der Waals surface area contributed by atoms with Crippen LogP contribution in [0.4, 0.5) is 5.69 Å². The van der Waals surface area contributed by atoms with Crippen LogP contribution < -0.4 is 5.32 Å². The minimum atomic E-state index is -0.0649. The van der Waals surface area contributed by atoms with Crippen LogP contribution in [0.3, 0.4) is 0 Å². The van der Waals surface area contributed by atoms with E-state index in [1.54, 1.807) is 0 Å². The summed E-state index contributed by atoms with van der Waals surface area (Å²) in [7, 11) is 0. The van der Waals surface area contributed by atoms with Crippen LogP contribution in [0, 0.1) is 0 Å². The fourth-order valence-corrected chi connectivity index (χ4v) is 3.43. The van der Waals surface area contributed by atoms with Gasteiger partial charge in [-0.1, -0.05) is 24.3 Å². The van der Waals surface area contributed by atoms with Crippen molar-refractivity contribution < 1.29 is 4.79 Å². The summed E-state index contributed by atoms with van der Waals surface area (Å²) in [6.45, 7) is 0. The van der Waals surface area contributed by atoms with E-state index in [1.165, 1.54) is 11.3 Å². The summed E-state index contributed by atoms with van der Waals surface area (Å²) in [4.78, 5) is 16.3. The standard InChI is InChI=1S/C17H12N2OS/c20-17(16-10-11-4-1-2-7-15(11)21-16)19-14-6-3-5-13-12(14)8-9-18-13/h1-10,18H,(H,19,20). The van der Waals surface area contributed by atoms with E-state index in [1.807, 2.05) is 60.8 Å². The first-order valence-electron chi connectivity index (χ1n) is 6.67. The predicted molar refractivity (Wildman–Crippen MR) is 88.1 cm³/mol. The molecule has 0 saturated carbocycles. The molecule has 21 heavy (non-hydrogen) atoms. The number of fused-ring (bicyclic) bond motifs is 2. The lowest BCUT2D eigenvalue weighted by Crippen LogP contribution is -2.10. The molecule has 2 aromatic heterocycles. The van der Waals surface area contributed by atoms with E-state index in [9.17, 15) is 4.79 Å². The second-order valence-corrected chi connectivity index (χ2v) is 5.93. The molecule has 0 unspecified atom stereocenters. The number of hydrogen-bond donors (Lipinski definition) is 2. The summed E-state index contributed by atoms with van der Waals surface area (Å²) in [6.07, 6.45) is 1.87. The molecule has 1 amide bonds. The van der Waals surface area contributed by atoms with Gasteiger partial charge < -0.3 is 10.3 Å². The Morgan fingerprint density at radius 2 is 1.95 bits per heavy atom. The molecule has 102 valence electrons. The number of anilines is 1. The van der Waals surface area contributed by atoms with E-state index in [-0.39, 0.29) is 5.91 Å². The number of H-pyrrole nitrogens is 1. The van der Waals surface area contributed by atoms with Gasteiger partial charge in [0.15, 0.2) is 0 Å². The third-order valence-electron chi connectivity index (χ3n) is 3.49. The van der Waals surface area contributed by atoms with Crippen molar-refractivity contribution in [1.29, 1.82) is 0 Å². The third-order valence-corrected chi connectivity index (χ3v) is 4.61. The number of thiophene rings is 1. The number of carbonyl (C=O) groups is 1. The van der Waals surface area contributed by atoms with E-state index in [2.05, 4.69) is 10.3 Å². The molecule has 2 aromatic carbocycles. The lowest BCUT2D eigenvalue weighted by Gasteiger charge is -2.04. The van der Waals surface area contributed by atoms with Gasteiger partial charge in [0.05, 0.1) is 10.6 Å². The maximum Gasteiger partial charge on any atom is 0.265 e. The number of rotatable bonds is 2. The quantitative estimate of drug-likeness (QED) is 0.555. The van der Waals surface area contributed by atoms with E-state index in [4.69, 9.17) is 0 Å². The molecule has 0 spiro atoms. The largest absolute Gasteiger partial charge is 0.361 e. The average molecular weight is 292 g/mol. The van der Waals surface area contributed by atoms with Gasteiger partial charge >= 0.3 is 0 Å². The second kappa shape index (κ2) is 4.75. The monoisotopic (exact) mass is 292 g/mol. The molecule has 0 aliphatic heterocycles. The van der Waals surface area contributed by atoms with E-state index < -0.39 is 0 Å². The van der Waals surface area contributed by atoms with Gasteiger partial charge in [0, 0.05) is 21.8 Å². The average Bonchev–Trinajstić information content (AvgIpc) is 3.14. The van der Waals surface area contributed by atoms with E-state index in [0.29, 0.717) is 0 Å². The summed E-state index contributed by atoms with van der Waals surface area (Å²) in [6, 6.07) is 17.8. The summed E-state index contributed by atoms with van der Waals surface area (Å²) in [5, 5.41) is 5.12. The Morgan fingerprint density at radius 3 is 2.86 bits per heavy atom. The highest BCUT2D eigenvalue weighted by Crippen LogP contribution is 2.27. The molecular formula is C17H12N2OS. The van der Waals surface area contributed by atoms with Crippen molar-refractivity contribution in [2.45, 2.75) is 0 Å². The van der Waals surface area contributed by atoms with Crippen LogP contribution in [0.25, 0.3) is 21.0 Å². The minimum absolute atomic E-state index is 0.0649. The van der Waals surface area contributed by atoms with E-state index in [0.717, 1.165) is 31.6 Å². The zero-order valence-corrected chi connectivity index (χ0v) is 11.9. The molecule has 0 aliphatic carbocycles. The normalized spacial score (nSPS) is 11.0. The highest BCUT2D eigenvalue weighted by molar-refractivity contribution is 7.20. The molecule has 4 heteroatoms. The Hall–Kier alpha value is -2.59. The number of carbonyl (C=O) groups excluding carboxylic acids is 1. The molecule has 4 rings (SSSR count). The van der Waals surface area contributed by atoms with Gasteiger partial charge in [-0.05, 0) is 35.7 Å². The summed E-state index contributed by atoms with van der Waals surface area (Å²) >= 11 is 1.51. The third kappa shape index (κ3) is 2.10. The molecule has 0 bridgehead atoms. The molecule has 2 N–H and O–H groups in total. The number of amides is 1. The zero-order chi connectivity index (χ0) is 14.2. The lowest BCUT2D eigenvalue weighted by molar-refractivity contribution is 0.103. The number of nitrogens with one attached hydrogen (secondary N) is 2. The van der Waals surface area contributed by atoms with Gasteiger partial charge in [-0.25, -0.2) is 0 Å². The van der Waals surface area contributed by atoms with Crippen molar-refractivity contribution >= 4 is 43.9 Å². The van der Waals surface area contributed by atoms with Gasteiger partial charge in [0.1, 0.15) is 0 Å². The van der Waals surface area contributed by atoms with Gasteiger partial charge in [0.25, 0.3) is 5.91 Å². The van der Waals surface area contributed by atoms with Gasteiger partial charge in [0.2, 0.25) is 0 Å². The van der Waals surface area contributed by atoms with Crippen molar-refractivity contribution in [1.82, 2.24) is 4.98 Å². The van der Waals surface area contributed by atoms with Crippen LogP contribution in [0.1, 0.15) is 9.67 Å². The molecule has 2 heterocycles. The smallest absolute Gasteiger partial charge is 0.265 e. The Balaban J connectivity index is 1.70. The van der Waals surface area contributed by atoms with Crippen LogP contribution >= 0.6 is 11.3 Å². The van der Waals surface area contributed by atoms with Crippen LogP contribution in [0.2, 0.25) is 0 Å². The molecule has 4 aromatic rings. The molecular weight excluding hydrogens is 280 g/mol. The first-order valence-corrected chi connectivity index (χ1v) is 7.49. The maximum absolute atomic E-state index is 12.4. The van der Waals surface area contributed by atoms with Crippen molar-refractivity contribution in [2.75, 3.05) is 5.32 Å². The SMILES string of the molecule is O=C(Nc1cccc2[nH]ccc12)c1cc2ccccc2s1. The molecule has 0 fully saturated rings. The topological polar surface area (TPSA) is 44.9 Å². The first-order chi connectivity index (χ1) is 10.3. The maximum atomic E-state index is 12.4. The number of aromatic amines is 1. The Bertz CT molecular complexity index is 918. The first kappa shape index (κ1) is 12.2. The highest BCUT2D eigenvalue weighted by Gasteiger charge is 2.11. The summed E-state index contributed by atoms with van der Waals surface area (Å²) in [5.74, 6) is -0.0649. The fourth-order valence-electron chi connectivity index (χ4n) is 2.47. The number of benzene rings is 2. The Kier molecular flexibility index (Phi) is 2.75. The van der Waals surface area contributed by atoms with Crippen molar-refractivity contribution in [3.05, 3.63) is 65.7 Å². The van der Waals surface area contributed by atoms with Crippen molar-refractivity contribution in [2.24, 2.45) is 0 Å². The lowest BCUT2D eigenvalue weighted by atomic mass is 10.2. The zero-order valence-electron chi connectivity index (χ0n) is 11.1.